The van der Waals surface area contributed by atoms with Crippen LogP contribution in [-0.4, -0.2) is 21.0 Å². The van der Waals surface area contributed by atoms with Crippen LogP contribution in [0.2, 0.25) is 0 Å². The lowest BCUT2D eigenvalue weighted by atomic mass is 10.2. The summed E-state index contributed by atoms with van der Waals surface area (Å²) < 4.78 is 6.09. The molecule has 1 aromatic carbocycles. The van der Waals surface area contributed by atoms with Crippen LogP contribution < -0.4 is 4.74 Å². The lowest BCUT2D eigenvalue weighted by molar-refractivity contribution is 0.0697. The lowest BCUT2D eigenvalue weighted by Crippen LogP contribution is -1.96. The molecule has 0 fully saturated rings. The van der Waals surface area contributed by atoms with Crippen LogP contribution in [0.1, 0.15) is 10.4 Å². The molecule has 0 radical (unpaired) electrons. The number of halogens is 1. The molecule has 0 aliphatic heterocycles. The molecule has 17 heavy (non-hydrogen) atoms. The predicted octanol–water partition coefficient (Wildman–Crippen LogP) is 2.73. The number of hydrogen-bond acceptors (Lipinski definition) is 4. The molecule has 0 bridgehead atoms. The van der Waals surface area contributed by atoms with Crippen LogP contribution in [0.15, 0.2) is 41.1 Å². The van der Waals surface area contributed by atoms with Gasteiger partial charge in [-0.3, -0.25) is 0 Å². The fourth-order valence-electron chi connectivity index (χ4n) is 1.12. The van der Waals surface area contributed by atoms with Crippen LogP contribution in [0.4, 0.5) is 0 Å². The molecule has 0 aliphatic rings. The third kappa shape index (κ3) is 3.01. The van der Waals surface area contributed by atoms with Crippen molar-refractivity contribution in [2.24, 2.45) is 0 Å². The summed E-state index contributed by atoms with van der Waals surface area (Å²) in [6.07, 6.45) is 3.13. The van der Waals surface area contributed by atoms with Gasteiger partial charge in [-0.15, -0.1) is 0 Å². The Labute approximate surface area is 105 Å². The first-order valence-corrected chi connectivity index (χ1v) is 5.43. The number of ether oxygens (including phenoxy) is 1. The lowest BCUT2D eigenvalue weighted by Gasteiger charge is -2.03. The number of nitrogens with zero attached hydrogens (tertiary/aromatic N) is 2. The van der Waals surface area contributed by atoms with E-state index in [2.05, 4.69) is 25.9 Å². The molecular formula is C11H7BrN2O3. The smallest absolute Gasteiger partial charge is 0.335 e. The van der Waals surface area contributed by atoms with Gasteiger partial charge in [0.05, 0.1) is 10.0 Å². The van der Waals surface area contributed by atoms with Crippen molar-refractivity contribution in [3.63, 3.8) is 0 Å². The quantitative estimate of drug-likeness (QED) is 0.942. The molecule has 0 spiro atoms. The summed E-state index contributed by atoms with van der Waals surface area (Å²) >= 11 is 3.21. The van der Waals surface area contributed by atoms with Crippen LogP contribution in [0.3, 0.4) is 0 Å². The number of benzene rings is 1. The molecule has 86 valence electrons. The summed E-state index contributed by atoms with van der Waals surface area (Å²) in [6, 6.07) is 6.22. The molecule has 0 saturated carbocycles. The standard InChI is InChI=1S/C11H7BrN2O3/c12-8-5-13-11(14-6-8)17-9-3-1-7(2-4-9)10(15)16/h1-6H,(H,15,16). The maximum Gasteiger partial charge on any atom is 0.335 e. The molecule has 1 aromatic heterocycles. The number of rotatable bonds is 3. The number of aromatic nitrogens is 2. The third-order valence-electron chi connectivity index (χ3n) is 1.91. The van der Waals surface area contributed by atoms with Gasteiger partial charge in [0.15, 0.2) is 0 Å². The van der Waals surface area contributed by atoms with Crippen molar-refractivity contribution < 1.29 is 14.6 Å². The summed E-state index contributed by atoms with van der Waals surface area (Å²) in [4.78, 5) is 18.5. The minimum absolute atomic E-state index is 0.203. The molecule has 5 nitrogen and oxygen atoms in total. The molecule has 0 saturated heterocycles. The first-order valence-electron chi connectivity index (χ1n) is 4.64. The number of aromatic carboxylic acids is 1. The summed E-state index contributed by atoms with van der Waals surface area (Å²) in [5.74, 6) is -0.492. The zero-order valence-corrected chi connectivity index (χ0v) is 10.1. The van der Waals surface area contributed by atoms with E-state index < -0.39 is 5.97 Å². The molecule has 2 rings (SSSR count). The Morgan fingerprint density at radius 2 is 1.76 bits per heavy atom. The Morgan fingerprint density at radius 3 is 2.29 bits per heavy atom. The van der Waals surface area contributed by atoms with Crippen molar-refractivity contribution in [2.45, 2.75) is 0 Å². The van der Waals surface area contributed by atoms with Gasteiger partial charge < -0.3 is 9.84 Å². The molecule has 6 heteroatoms. The van der Waals surface area contributed by atoms with Crippen LogP contribution >= 0.6 is 15.9 Å². The normalized spacial score (nSPS) is 9.94. The highest BCUT2D eigenvalue weighted by Gasteiger charge is 2.04. The molecular weight excluding hydrogens is 288 g/mol. The minimum atomic E-state index is -0.976. The van der Waals surface area contributed by atoms with E-state index in [1.807, 2.05) is 0 Å². The summed E-state index contributed by atoms with van der Waals surface area (Å²) in [5, 5.41) is 8.73. The predicted molar refractivity (Wildman–Crippen MR) is 63.2 cm³/mol. The first kappa shape index (κ1) is 11.5. The van der Waals surface area contributed by atoms with E-state index in [4.69, 9.17) is 9.84 Å². The van der Waals surface area contributed by atoms with Gasteiger partial charge in [-0.25, -0.2) is 14.8 Å². The maximum absolute atomic E-state index is 10.6. The van der Waals surface area contributed by atoms with Gasteiger partial charge in [0.1, 0.15) is 5.75 Å². The van der Waals surface area contributed by atoms with Crippen LogP contribution in [0.5, 0.6) is 11.8 Å². The van der Waals surface area contributed by atoms with E-state index in [1.165, 1.54) is 12.1 Å². The third-order valence-corrected chi connectivity index (χ3v) is 2.32. The average Bonchev–Trinajstić information content (AvgIpc) is 2.33. The van der Waals surface area contributed by atoms with E-state index in [9.17, 15) is 4.79 Å². The van der Waals surface area contributed by atoms with Gasteiger partial charge in [0.25, 0.3) is 0 Å². The number of hydrogen-bond donors (Lipinski definition) is 1. The molecule has 0 aliphatic carbocycles. The fourth-order valence-corrected chi connectivity index (χ4v) is 1.33. The van der Waals surface area contributed by atoms with E-state index in [0.717, 1.165) is 4.47 Å². The fraction of sp³-hybridized carbons (Fsp3) is 0. The highest BCUT2D eigenvalue weighted by Crippen LogP contribution is 2.18. The van der Waals surface area contributed by atoms with E-state index in [-0.39, 0.29) is 11.6 Å². The van der Waals surface area contributed by atoms with Gasteiger partial charge >= 0.3 is 12.0 Å². The van der Waals surface area contributed by atoms with E-state index in [0.29, 0.717) is 5.75 Å². The summed E-state index contributed by atoms with van der Waals surface area (Å²) in [5.41, 5.74) is 0.203. The number of carboxylic acids is 1. The monoisotopic (exact) mass is 294 g/mol. The number of carboxylic acid groups (broad SMARTS) is 1. The zero-order chi connectivity index (χ0) is 12.3. The molecule has 0 atom stereocenters. The summed E-state index contributed by atoms with van der Waals surface area (Å²) in [7, 11) is 0. The van der Waals surface area contributed by atoms with Crippen molar-refractivity contribution in [1.82, 2.24) is 9.97 Å². The Kier molecular flexibility index (Phi) is 3.34. The molecule has 1 heterocycles. The summed E-state index contributed by atoms with van der Waals surface area (Å²) in [6.45, 7) is 0. The Hall–Kier alpha value is -1.95. The highest BCUT2D eigenvalue weighted by molar-refractivity contribution is 9.10. The van der Waals surface area contributed by atoms with Crippen molar-refractivity contribution in [3.05, 3.63) is 46.7 Å². The Bertz CT molecular complexity index is 525. The molecule has 2 aromatic rings. The molecule has 0 amide bonds. The minimum Gasteiger partial charge on any atom is -0.478 e. The van der Waals surface area contributed by atoms with Gasteiger partial charge in [0, 0.05) is 12.4 Å². The zero-order valence-electron chi connectivity index (χ0n) is 8.50. The van der Waals surface area contributed by atoms with Crippen molar-refractivity contribution in [3.8, 4) is 11.8 Å². The molecule has 0 unspecified atom stereocenters. The first-order chi connectivity index (χ1) is 8.15. The molecule has 1 N–H and O–H groups in total. The Balaban J connectivity index is 2.13. The second-order valence-electron chi connectivity index (χ2n) is 3.12. The van der Waals surface area contributed by atoms with Gasteiger partial charge in [-0.05, 0) is 40.2 Å². The van der Waals surface area contributed by atoms with Crippen LogP contribution in [-0.2, 0) is 0 Å². The van der Waals surface area contributed by atoms with Gasteiger partial charge in [0.2, 0.25) is 0 Å². The van der Waals surface area contributed by atoms with Gasteiger partial charge in [-0.1, -0.05) is 0 Å². The van der Waals surface area contributed by atoms with Crippen LogP contribution in [0.25, 0.3) is 0 Å². The topological polar surface area (TPSA) is 72.3 Å². The van der Waals surface area contributed by atoms with E-state index >= 15 is 0 Å². The van der Waals surface area contributed by atoms with Crippen molar-refractivity contribution in [1.29, 1.82) is 0 Å². The van der Waals surface area contributed by atoms with Crippen molar-refractivity contribution in [2.75, 3.05) is 0 Å². The van der Waals surface area contributed by atoms with Crippen molar-refractivity contribution >= 4 is 21.9 Å². The SMILES string of the molecule is O=C(O)c1ccc(Oc2ncc(Br)cn2)cc1. The number of carbonyl (C=O) groups is 1. The maximum atomic E-state index is 10.6. The highest BCUT2D eigenvalue weighted by atomic mass is 79.9. The van der Waals surface area contributed by atoms with E-state index in [1.54, 1.807) is 24.5 Å². The second-order valence-corrected chi connectivity index (χ2v) is 4.03. The largest absolute Gasteiger partial charge is 0.478 e. The Morgan fingerprint density at radius 1 is 1.18 bits per heavy atom. The average molecular weight is 295 g/mol. The second kappa shape index (κ2) is 4.92. The van der Waals surface area contributed by atoms with Gasteiger partial charge in [-0.2, -0.15) is 0 Å². The van der Waals surface area contributed by atoms with Crippen LogP contribution in [0, 0.1) is 0 Å².